The Morgan fingerprint density at radius 3 is 2.74 bits per heavy atom. The van der Waals surface area contributed by atoms with Crippen molar-refractivity contribution in [3.05, 3.63) is 39.8 Å². The van der Waals surface area contributed by atoms with Gasteiger partial charge in [-0.2, -0.15) is 4.73 Å². The number of rotatable bonds is 3. The molecule has 1 aromatic heterocycles. The first kappa shape index (κ1) is 20.7. The highest BCUT2D eigenvalue weighted by Crippen LogP contribution is 2.51. The number of aliphatic hydroxyl groups excluding tert-OH is 1. The Morgan fingerprint density at radius 1 is 1.23 bits per heavy atom. The number of ketones is 1. The smallest absolute Gasteiger partial charge is 0.297 e. The number of pyridine rings is 1. The van der Waals surface area contributed by atoms with E-state index in [1.54, 1.807) is 0 Å². The summed E-state index contributed by atoms with van der Waals surface area (Å²) in [6.45, 7) is 1.93. The van der Waals surface area contributed by atoms with E-state index in [0.717, 1.165) is 31.9 Å². The van der Waals surface area contributed by atoms with Crippen molar-refractivity contribution in [3.63, 3.8) is 0 Å². The first-order valence-corrected chi connectivity index (χ1v) is 11.2. The fraction of sp³-hybridized carbons (Fsp3) is 0.652. The predicted octanol–water partition coefficient (Wildman–Crippen LogP) is 1.71. The lowest BCUT2D eigenvalue weighted by Gasteiger charge is -2.40. The Kier molecular flexibility index (Phi) is 4.80. The van der Waals surface area contributed by atoms with Crippen molar-refractivity contribution in [1.82, 2.24) is 4.73 Å². The Bertz CT molecular complexity index is 1000. The number of nitrogens with zero attached hydrogens (tertiary/aromatic N) is 1. The largest absolute Gasteiger partial charge is 0.507 e. The summed E-state index contributed by atoms with van der Waals surface area (Å²) >= 11 is 0. The third-order valence-corrected chi connectivity index (χ3v) is 7.94. The molecule has 0 amide bonds. The molecule has 2 heterocycles. The van der Waals surface area contributed by atoms with Crippen LogP contribution >= 0.6 is 0 Å². The minimum absolute atomic E-state index is 0.0714. The van der Waals surface area contributed by atoms with Crippen LogP contribution in [0, 0.1) is 23.7 Å². The number of fused-ring (bicyclic) bond motifs is 2. The molecule has 0 bridgehead atoms. The summed E-state index contributed by atoms with van der Waals surface area (Å²) in [5, 5.41) is 42.6. The van der Waals surface area contributed by atoms with Gasteiger partial charge in [0, 0.05) is 11.5 Å². The first-order chi connectivity index (χ1) is 14.7. The molecule has 8 heteroatoms. The lowest BCUT2D eigenvalue weighted by molar-refractivity contribution is -0.0246. The second kappa shape index (κ2) is 7.18. The predicted molar refractivity (Wildman–Crippen MR) is 109 cm³/mol. The topological polar surface area (TPSA) is 133 Å². The summed E-state index contributed by atoms with van der Waals surface area (Å²) in [7, 11) is 0. The molecule has 8 atom stereocenters. The van der Waals surface area contributed by atoms with Crippen LogP contribution in [0.15, 0.2) is 23.1 Å². The SMILES string of the molecule is CC1C=CC2CCCCC2C1C(=O)c1c(O)c(C2(O)CCC(O)C3OC32)cn(O)c1=O. The molecular formula is C23H29NO7. The van der Waals surface area contributed by atoms with Crippen molar-refractivity contribution < 1.29 is 30.1 Å². The fourth-order valence-corrected chi connectivity index (χ4v) is 6.20. The zero-order valence-electron chi connectivity index (χ0n) is 17.5. The van der Waals surface area contributed by atoms with Crippen LogP contribution in [0.4, 0.5) is 0 Å². The van der Waals surface area contributed by atoms with E-state index in [1.165, 1.54) is 0 Å². The van der Waals surface area contributed by atoms with Crippen molar-refractivity contribution in [2.24, 2.45) is 23.7 Å². The Hall–Kier alpha value is -2.16. The van der Waals surface area contributed by atoms with E-state index in [0.29, 0.717) is 0 Å². The molecule has 1 saturated heterocycles. The van der Waals surface area contributed by atoms with Gasteiger partial charge < -0.3 is 25.3 Å². The van der Waals surface area contributed by atoms with Crippen LogP contribution in [0.25, 0.3) is 0 Å². The molecule has 3 aliphatic carbocycles. The number of allylic oxidation sites excluding steroid dienone is 2. The van der Waals surface area contributed by atoms with E-state index >= 15 is 0 Å². The minimum atomic E-state index is -1.70. The number of Topliss-reactive ketones (excluding diaryl/α,β-unsaturated/α-hetero) is 1. The van der Waals surface area contributed by atoms with E-state index in [2.05, 4.69) is 6.08 Å². The highest BCUT2D eigenvalue weighted by molar-refractivity contribution is 6.01. The van der Waals surface area contributed by atoms with Crippen molar-refractivity contribution in [2.75, 3.05) is 0 Å². The molecule has 8 unspecified atom stereocenters. The zero-order valence-corrected chi connectivity index (χ0v) is 17.5. The third-order valence-electron chi connectivity index (χ3n) is 7.94. The summed E-state index contributed by atoms with van der Waals surface area (Å²) in [6, 6.07) is 0. The summed E-state index contributed by atoms with van der Waals surface area (Å²) in [5.74, 6) is -1.32. The average molecular weight is 431 g/mol. The van der Waals surface area contributed by atoms with Crippen molar-refractivity contribution in [2.45, 2.75) is 69.4 Å². The van der Waals surface area contributed by atoms with Gasteiger partial charge in [-0.1, -0.05) is 31.9 Å². The molecule has 0 radical (unpaired) electrons. The second-order valence-electron chi connectivity index (χ2n) is 9.71. The van der Waals surface area contributed by atoms with Gasteiger partial charge in [-0.3, -0.25) is 9.59 Å². The van der Waals surface area contributed by atoms with E-state index < -0.39 is 52.5 Å². The standard InChI is InChI=1S/C23H29NO7/c1-11-6-7-12-4-2-3-5-13(12)16(11)19(27)17-18(26)14(10-24(30)22(17)28)23(29)9-8-15(25)20-21(23)31-20/h6-7,10-13,15-16,20-21,25-26,29-30H,2-5,8-9H2,1H3. The van der Waals surface area contributed by atoms with E-state index in [1.807, 2.05) is 13.0 Å². The van der Waals surface area contributed by atoms with Gasteiger partial charge in [0.25, 0.3) is 5.56 Å². The van der Waals surface area contributed by atoms with Gasteiger partial charge in [0.15, 0.2) is 5.78 Å². The molecule has 0 spiro atoms. The van der Waals surface area contributed by atoms with Crippen LogP contribution in [-0.2, 0) is 10.3 Å². The number of hydrogen-bond acceptors (Lipinski definition) is 7. The van der Waals surface area contributed by atoms with Crippen molar-refractivity contribution >= 4 is 5.78 Å². The third kappa shape index (κ3) is 3.07. The Morgan fingerprint density at radius 2 is 1.97 bits per heavy atom. The molecule has 8 nitrogen and oxygen atoms in total. The lowest BCUT2D eigenvalue weighted by Crippen LogP contribution is -2.43. The summed E-state index contributed by atoms with van der Waals surface area (Å²) in [6.07, 6.45) is 7.39. The van der Waals surface area contributed by atoms with Gasteiger partial charge in [0.2, 0.25) is 0 Å². The number of ether oxygens (including phenoxy) is 1. The quantitative estimate of drug-likeness (QED) is 0.248. The van der Waals surface area contributed by atoms with E-state index in [-0.39, 0.29) is 40.9 Å². The van der Waals surface area contributed by atoms with E-state index in [4.69, 9.17) is 4.74 Å². The number of hydrogen-bond donors (Lipinski definition) is 4. The van der Waals surface area contributed by atoms with Gasteiger partial charge in [0.05, 0.1) is 12.3 Å². The van der Waals surface area contributed by atoms with Gasteiger partial charge in [-0.25, -0.2) is 0 Å². The summed E-state index contributed by atoms with van der Waals surface area (Å²) < 4.78 is 5.68. The molecule has 4 N–H and O–H groups in total. The van der Waals surface area contributed by atoms with Crippen LogP contribution in [0.5, 0.6) is 5.75 Å². The minimum Gasteiger partial charge on any atom is -0.507 e. The number of aliphatic hydroxyl groups is 2. The molecule has 1 aliphatic heterocycles. The summed E-state index contributed by atoms with van der Waals surface area (Å²) in [4.78, 5) is 26.5. The molecule has 2 saturated carbocycles. The molecule has 5 rings (SSSR count). The van der Waals surface area contributed by atoms with Crippen molar-refractivity contribution in [1.29, 1.82) is 0 Å². The summed E-state index contributed by atoms with van der Waals surface area (Å²) in [5.41, 5.74) is -3.29. The maximum atomic E-state index is 13.7. The van der Waals surface area contributed by atoms with Gasteiger partial charge in [-0.15, -0.1) is 0 Å². The van der Waals surface area contributed by atoms with Crippen LogP contribution in [0.2, 0.25) is 0 Å². The number of carbonyl (C=O) groups is 1. The molecular weight excluding hydrogens is 402 g/mol. The number of carbonyl (C=O) groups excluding carboxylic acids is 1. The maximum absolute atomic E-state index is 13.7. The molecule has 31 heavy (non-hydrogen) atoms. The number of epoxide rings is 1. The Labute approximate surface area is 179 Å². The molecule has 1 aromatic rings. The van der Waals surface area contributed by atoms with Gasteiger partial charge >= 0.3 is 0 Å². The van der Waals surface area contributed by atoms with Crippen LogP contribution in [-0.4, -0.2) is 49.4 Å². The highest BCUT2D eigenvalue weighted by Gasteiger charge is 2.62. The number of aromatic hydroxyl groups is 1. The van der Waals surface area contributed by atoms with Crippen LogP contribution in [0.1, 0.15) is 61.4 Å². The molecule has 3 fully saturated rings. The maximum Gasteiger partial charge on any atom is 0.297 e. The van der Waals surface area contributed by atoms with Gasteiger partial charge in [0.1, 0.15) is 29.1 Å². The molecule has 4 aliphatic rings. The Balaban J connectivity index is 1.58. The van der Waals surface area contributed by atoms with Crippen LogP contribution in [0.3, 0.4) is 0 Å². The first-order valence-electron chi connectivity index (χ1n) is 11.2. The molecule has 168 valence electrons. The zero-order chi connectivity index (χ0) is 22.1. The van der Waals surface area contributed by atoms with Crippen molar-refractivity contribution in [3.8, 4) is 5.75 Å². The van der Waals surface area contributed by atoms with Crippen LogP contribution < -0.4 is 5.56 Å². The fourth-order valence-electron chi connectivity index (χ4n) is 6.20. The monoisotopic (exact) mass is 431 g/mol. The normalized spacial score (nSPS) is 41.3. The molecule has 0 aromatic carbocycles. The average Bonchev–Trinajstić information content (AvgIpc) is 3.56. The number of aromatic nitrogens is 1. The second-order valence-corrected chi connectivity index (χ2v) is 9.71. The van der Waals surface area contributed by atoms with E-state index in [9.17, 15) is 30.1 Å². The van der Waals surface area contributed by atoms with Gasteiger partial charge in [-0.05, 0) is 43.4 Å². The highest BCUT2D eigenvalue weighted by atomic mass is 16.6. The lowest BCUT2D eigenvalue weighted by atomic mass is 9.63.